The van der Waals surface area contributed by atoms with Gasteiger partial charge in [-0.15, -0.1) is 11.3 Å². The fraction of sp³-hybridized carbons (Fsp3) is 0.0526. The van der Waals surface area contributed by atoms with Crippen LogP contribution in [0.4, 0.5) is 0 Å². The van der Waals surface area contributed by atoms with Crippen molar-refractivity contribution < 1.29 is 9.63 Å². The number of aliphatic hydroxyl groups is 1. The second-order valence-electron chi connectivity index (χ2n) is 5.57. The molecule has 0 fully saturated rings. The van der Waals surface area contributed by atoms with Crippen LogP contribution in [0.1, 0.15) is 17.2 Å². The second-order valence-corrected chi connectivity index (χ2v) is 8.47. The van der Waals surface area contributed by atoms with E-state index in [2.05, 4.69) is 26.1 Å². The number of rotatable bonds is 4. The van der Waals surface area contributed by atoms with E-state index in [9.17, 15) is 5.11 Å². The first-order valence-corrected chi connectivity index (χ1v) is 9.71. The first-order chi connectivity index (χ1) is 12.6. The fourth-order valence-electron chi connectivity index (χ4n) is 2.68. The first kappa shape index (κ1) is 17.4. The molecular formula is C19H12BrClN2O2S. The summed E-state index contributed by atoms with van der Waals surface area (Å²) in [5.41, 5.74) is 2.68. The van der Waals surface area contributed by atoms with E-state index in [1.165, 1.54) is 11.3 Å². The highest BCUT2D eigenvalue weighted by molar-refractivity contribution is 9.11. The third-order valence-corrected chi connectivity index (χ3v) is 5.80. The van der Waals surface area contributed by atoms with Gasteiger partial charge in [0.1, 0.15) is 11.8 Å². The van der Waals surface area contributed by atoms with Gasteiger partial charge in [0.25, 0.3) is 0 Å². The topological polar surface area (TPSA) is 59.2 Å². The number of halogens is 2. The van der Waals surface area contributed by atoms with Crippen LogP contribution in [-0.2, 0) is 0 Å². The maximum Gasteiger partial charge on any atom is 0.173 e. The van der Waals surface area contributed by atoms with Crippen LogP contribution in [0.2, 0.25) is 5.02 Å². The smallest absolute Gasteiger partial charge is 0.173 e. The van der Waals surface area contributed by atoms with E-state index in [-0.39, 0.29) is 0 Å². The lowest BCUT2D eigenvalue weighted by Crippen LogP contribution is -2.02. The monoisotopic (exact) mass is 446 g/mol. The van der Waals surface area contributed by atoms with E-state index < -0.39 is 6.10 Å². The summed E-state index contributed by atoms with van der Waals surface area (Å²) in [7, 11) is 0. The summed E-state index contributed by atoms with van der Waals surface area (Å²) < 4.78 is 6.62. The summed E-state index contributed by atoms with van der Waals surface area (Å²) in [6.45, 7) is 0. The first-order valence-electron chi connectivity index (χ1n) is 7.72. The molecule has 0 aliphatic rings. The summed E-state index contributed by atoms with van der Waals surface area (Å²) in [4.78, 5) is 5.00. The quantitative estimate of drug-likeness (QED) is 0.419. The van der Waals surface area contributed by atoms with E-state index in [4.69, 9.17) is 16.1 Å². The van der Waals surface area contributed by atoms with E-state index in [0.29, 0.717) is 27.6 Å². The van der Waals surface area contributed by atoms with Crippen molar-refractivity contribution in [2.24, 2.45) is 0 Å². The molecule has 1 N–H and O–H groups in total. The van der Waals surface area contributed by atoms with Crippen LogP contribution in [0.25, 0.3) is 21.9 Å². The Labute approximate surface area is 167 Å². The summed E-state index contributed by atoms with van der Waals surface area (Å²) in [6.07, 6.45) is 2.38. The standard InChI is InChI=1S/C19H12BrClN2O2S/c20-15-8-7-14(26-15)17-16(18(24)12-2-1-9-22-10-12)19(25-23-17)11-3-5-13(21)6-4-11/h1-10,18,24H. The van der Waals surface area contributed by atoms with Crippen LogP contribution in [0, 0.1) is 0 Å². The van der Waals surface area contributed by atoms with Crippen LogP contribution >= 0.6 is 38.9 Å². The number of benzene rings is 1. The van der Waals surface area contributed by atoms with Crippen molar-refractivity contribution in [1.82, 2.24) is 10.1 Å². The molecule has 0 bridgehead atoms. The summed E-state index contributed by atoms with van der Waals surface area (Å²) >= 11 is 11.0. The van der Waals surface area contributed by atoms with E-state index in [1.54, 1.807) is 30.6 Å². The summed E-state index contributed by atoms with van der Waals surface area (Å²) in [6, 6.07) is 14.7. The van der Waals surface area contributed by atoms with Crippen molar-refractivity contribution in [2.45, 2.75) is 6.10 Å². The average Bonchev–Trinajstić information content (AvgIpc) is 3.28. The van der Waals surface area contributed by atoms with Gasteiger partial charge in [0.2, 0.25) is 0 Å². The molecule has 1 unspecified atom stereocenters. The lowest BCUT2D eigenvalue weighted by molar-refractivity contribution is 0.220. The van der Waals surface area contributed by atoms with Crippen LogP contribution in [0.3, 0.4) is 0 Å². The van der Waals surface area contributed by atoms with Crippen molar-refractivity contribution >= 4 is 38.9 Å². The Balaban J connectivity index is 1.90. The van der Waals surface area contributed by atoms with E-state index in [0.717, 1.165) is 14.2 Å². The van der Waals surface area contributed by atoms with Crippen LogP contribution in [0.15, 0.2) is 69.2 Å². The van der Waals surface area contributed by atoms with E-state index in [1.807, 2.05) is 30.3 Å². The highest BCUT2D eigenvalue weighted by atomic mass is 79.9. The number of aliphatic hydroxyl groups excluding tert-OH is 1. The molecule has 7 heteroatoms. The predicted octanol–water partition coefficient (Wildman–Crippen LogP) is 5.96. The fourth-order valence-corrected chi connectivity index (χ4v) is 4.19. The van der Waals surface area contributed by atoms with Crippen molar-refractivity contribution in [3.05, 3.63) is 80.9 Å². The van der Waals surface area contributed by atoms with Crippen molar-refractivity contribution in [2.75, 3.05) is 0 Å². The molecule has 0 aliphatic carbocycles. The molecule has 0 saturated carbocycles. The maximum absolute atomic E-state index is 11.1. The highest BCUT2D eigenvalue weighted by Crippen LogP contribution is 2.41. The van der Waals surface area contributed by atoms with Crippen molar-refractivity contribution in [3.63, 3.8) is 0 Å². The minimum atomic E-state index is -0.920. The van der Waals surface area contributed by atoms with Crippen molar-refractivity contribution in [1.29, 1.82) is 0 Å². The summed E-state index contributed by atoms with van der Waals surface area (Å²) in [5.74, 6) is 0.512. The molecule has 1 atom stereocenters. The van der Waals surface area contributed by atoms with Gasteiger partial charge in [-0.25, -0.2) is 0 Å². The number of nitrogens with zero attached hydrogens (tertiary/aromatic N) is 2. The molecule has 3 aromatic heterocycles. The molecule has 0 aliphatic heterocycles. The molecule has 26 heavy (non-hydrogen) atoms. The van der Waals surface area contributed by atoms with E-state index >= 15 is 0 Å². The molecule has 0 radical (unpaired) electrons. The molecule has 4 rings (SSSR count). The zero-order valence-electron chi connectivity index (χ0n) is 13.3. The Morgan fingerprint density at radius 2 is 1.92 bits per heavy atom. The molecule has 1 aromatic carbocycles. The lowest BCUT2D eigenvalue weighted by atomic mass is 9.97. The van der Waals surface area contributed by atoms with Gasteiger partial charge in [-0.2, -0.15) is 0 Å². The third kappa shape index (κ3) is 3.33. The maximum atomic E-state index is 11.1. The Morgan fingerprint density at radius 3 is 2.58 bits per heavy atom. The average molecular weight is 448 g/mol. The van der Waals surface area contributed by atoms with Gasteiger partial charge >= 0.3 is 0 Å². The predicted molar refractivity (Wildman–Crippen MR) is 106 cm³/mol. The minimum Gasteiger partial charge on any atom is -0.383 e. The van der Waals surface area contributed by atoms with Gasteiger partial charge in [0.15, 0.2) is 5.76 Å². The Kier molecular flexibility index (Phi) is 4.91. The van der Waals surface area contributed by atoms with Gasteiger partial charge in [-0.05, 0) is 58.4 Å². The van der Waals surface area contributed by atoms with Crippen LogP contribution in [-0.4, -0.2) is 15.2 Å². The van der Waals surface area contributed by atoms with Gasteiger partial charge < -0.3 is 9.63 Å². The largest absolute Gasteiger partial charge is 0.383 e. The normalized spacial score (nSPS) is 12.3. The molecule has 4 aromatic rings. The zero-order valence-corrected chi connectivity index (χ0v) is 16.4. The Morgan fingerprint density at radius 1 is 1.12 bits per heavy atom. The highest BCUT2D eigenvalue weighted by Gasteiger charge is 2.27. The molecule has 3 heterocycles. The van der Waals surface area contributed by atoms with Crippen LogP contribution in [0.5, 0.6) is 0 Å². The number of pyridine rings is 1. The number of hydrogen-bond donors (Lipinski definition) is 1. The van der Waals surface area contributed by atoms with Gasteiger partial charge in [0, 0.05) is 28.5 Å². The molecule has 4 nitrogen and oxygen atoms in total. The second kappa shape index (κ2) is 7.32. The molecule has 0 spiro atoms. The number of hydrogen-bond acceptors (Lipinski definition) is 5. The third-order valence-electron chi connectivity index (χ3n) is 3.91. The van der Waals surface area contributed by atoms with Crippen LogP contribution < -0.4 is 0 Å². The number of thiophene rings is 1. The SMILES string of the molecule is OC(c1cccnc1)c1c(-c2ccc(Br)s2)noc1-c1ccc(Cl)cc1. The molecular weight excluding hydrogens is 436 g/mol. The van der Waals surface area contributed by atoms with Gasteiger partial charge in [-0.3, -0.25) is 4.98 Å². The zero-order chi connectivity index (χ0) is 18.1. The van der Waals surface area contributed by atoms with Gasteiger partial charge in [0.05, 0.1) is 14.2 Å². The Hall–Kier alpha value is -1.99. The molecule has 0 saturated heterocycles. The minimum absolute atomic E-state index is 0.512. The lowest BCUT2D eigenvalue weighted by Gasteiger charge is -2.12. The Bertz CT molecular complexity index is 1030. The van der Waals surface area contributed by atoms with Crippen molar-refractivity contribution in [3.8, 4) is 21.9 Å². The summed E-state index contributed by atoms with van der Waals surface area (Å²) in [5, 5.41) is 15.9. The number of aromatic nitrogens is 2. The van der Waals surface area contributed by atoms with Gasteiger partial charge in [-0.1, -0.05) is 22.8 Å². The molecule has 0 amide bonds. The molecule has 130 valence electrons.